The summed E-state index contributed by atoms with van der Waals surface area (Å²) in [6, 6.07) is 12.1. The van der Waals surface area contributed by atoms with E-state index < -0.39 is 46.9 Å². The molecule has 0 radical (unpaired) electrons. The third-order valence-electron chi connectivity index (χ3n) is 12.8. The number of likely N-dealkylation sites (tertiary alicyclic amines) is 1. The van der Waals surface area contributed by atoms with Gasteiger partial charge in [0.05, 0.1) is 24.3 Å². The Morgan fingerprint density at radius 3 is 2.71 bits per heavy atom. The number of allylic oxidation sites excluding steroid dienone is 1. The predicted octanol–water partition coefficient (Wildman–Crippen LogP) is 5.18. The summed E-state index contributed by atoms with van der Waals surface area (Å²) < 4.78 is 35.9. The number of nitrogens with one attached hydrogen (secondary N) is 1. The monoisotopic (exact) mass is 695 g/mol. The summed E-state index contributed by atoms with van der Waals surface area (Å²) in [4.78, 5) is 33.1. The van der Waals surface area contributed by atoms with Crippen molar-refractivity contribution in [3.05, 3.63) is 113 Å². The van der Waals surface area contributed by atoms with Crippen LogP contribution in [0.25, 0.3) is 5.57 Å². The van der Waals surface area contributed by atoms with Crippen LogP contribution in [0.15, 0.2) is 89.7 Å². The van der Waals surface area contributed by atoms with Gasteiger partial charge in [0.1, 0.15) is 17.4 Å². The summed E-state index contributed by atoms with van der Waals surface area (Å²) in [5.41, 5.74) is 1.32. The highest BCUT2D eigenvalue weighted by atomic mass is 19.1. The van der Waals surface area contributed by atoms with E-state index in [0.29, 0.717) is 12.0 Å². The van der Waals surface area contributed by atoms with Crippen molar-refractivity contribution in [1.29, 1.82) is 0 Å². The summed E-state index contributed by atoms with van der Waals surface area (Å²) >= 11 is 0. The molecule has 1 spiro atoms. The maximum Gasteiger partial charge on any atom is 0.241 e. The second-order valence-electron chi connectivity index (χ2n) is 15.5. The number of nitrogens with zero attached hydrogens (tertiary/aromatic N) is 2. The quantitative estimate of drug-likeness (QED) is 0.311. The molecule has 1 amide bonds. The second-order valence-corrected chi connectivity index (χ2v) is 15.5. The first-order chi connectivity index (χ1) is 24.6. The Balaban J connectivity index is 0.973. The number of benzene rings is 2. The number of hydrogen-bond acceptors (Lipinski definition) is 7. The van der Waals surface area contributed by atoms with Crippen LogP contribution in [0.1, 0.15) is 55.7 Å². The summed E-state index contributed by atoms with van der Waals surface area (Å²) in [6.07, 6.45) is 9.67. The Morgan fingerprint density at radius 2 is 1.92 bits per heavy atom. The lowest BCUT2D eigenvalue weighted by Crippen LogP contribution is -2.62. The molecule has 8 nitrogen and oxygen atoms in total. The molecule has 8 atom stereocenters. The van der Waals surface area contributed by atoms with Crippen LogP contribution in [-0.4, -0.2) is 88.3 Å². The SMILES string of the molecule is CN1CC[C@]23C4=C5CC=C(O)C4(C(=O)CCN[C@H](C(=O)N4CC(c6cc(F)ccc6F)=C[C@H]4c4ccccc4)C4CC4)O[C@H]2[C@@H](O)C=C[C@H]3[C@H]1C5. The zero-order chi connectivity index (χ0) is 35.2. The lowest BCUT2D eigenvalue weighted by atomic mass is 9.50. The highest BCUT2D eigenvalue weighted by Crippen LogP contribution is 2.68. The summed E-state index contributed by atoms with van der Waals surface area (Å²) in [7, 11) is 2.13. The minimum absolute atomic E-state index is 0.00557. The average Bonchev–Trinajstić information content (AvgIpc) is 3.78. The molecule has 4 aliphatic carbocycles. The number of rotatable bonds is 9. The molecule has 1 unspecified atom stereocenters. The van der Waals surface area contributed by atoms with E-state index in [-0.39, 0.29) is 60.4 Å². The fourth-order valence-corrected chi connectivity index (χ4v) is 10.3. The maximum absolute atomic E-state index is 14.9. The van der Waals surface area contributed by atoms with E-state index in [2.05, 4.69) is 23.3 Å². The largest absolute Gasteiger partial charge is 0.509 e. The molecule has 9 rings (SSSR count). The van der Waals surface area contributed by atoms with Gasteiger partial charge in [-0.25, -0.2) is 8.78 Å². The average molecular weight is 696 g/mol. The van der Waals surface area contributed by atoms with Crippen LogP contribution in [0.3, 0.4) is 0 Å². The minimum Gasteiger partial charge on any atom is -0.509 e. The standard InChI is InChI=1S/C41H43F2N3O5/c1-45-18-16-40-29-11-13-33(47)38(40)51-41(34(48)14-9-25(37(40)41)19-32(29)45)35(49)15-17-44-36(24-7-8-24)39(50)46-22-26(28-21-27(42)10-12-30(28)43)20-31(46)23-5-3-2-4-6-23/h2-6,10-14,20-21,24,29,31-33,36,38,44,47-48H,7-9,15-19,22H2,1H3/t29-,31-,32+,33-,36-,38-,40-,41?/m0/s1. The molecular formula is C41H43F2N3O5. The van der Waals surface area contributed by atoms with Gasteiger partial charge in [0.2, 0.25) is 11.5 Å². The van der Waals surface area contributed by atoms with Gasteiger partial charge in [0.25, 0.3) is 0 Å². The molecule has 2 aromatic carbocycles. The van der Waals surface area contributed by atoms with E-state index in [9.17, 15) is 28.6 Å². The Kier molecular flexibility index (Phi) is 7.78. The van der Waals surface area contributed by atoms with Crippen molar-refractivity contribution in [3.63, 3.8) is 0 Å². The van der Waals surface area contributed by atoms with Crippen LogP contribution in [-0.2, 0) is 14.3 Å². The Labute approximate surface area is 296 Å². The van der Waals surface area contributed by atoms with Crippen molar-refractivity contribution in [3.8, 4) is 0 Å². The molecule has 10 heteroatoms. The van der Waals surface area contributed by atoms with Gasteiger partial charge in [-0.1, -0.05) is 54.1 Å². The van der Waals surface area contributed by atoms with E-state index in [4.69, 9.17) is 4.74 Å². The normalized spacial score (nSPS) is 34.3. The summed E-state index contributed by atoms with van der Waals surface area (Å²) in [5.74, 6) is -1.49. The molecule has 1 saturated carbocycles. The first-order valence-corrected chi connectivity index (χ1v) is 18.3. The Bertz CT molecular complexity index is 1920. The van der Waals surface area contributed by atoms with Gasteiger partial charge in [-0.3, -0.25) is 9.59 Å². The molecule has 2 saturated heterocycles. The molecule has 266 valence electrons. The lowest BCUT2D eigenvalue weighted by Gasteiger charge is -2.58. The van der Waals surface area contributed by atoms with Crippen LogP contribution in [0, 0.1) is 28.9 Å². The van der Waals surface area contributed by atoms with Crippen LogP contribution >= 0.6 is 0 Å². The molecular weight excluding hydrogens is 652 g/mol. The van der Waals surface area contributed by atoms with E-state index in [1.165, 1.54) is 6.07 Å². The van der Waals surface area contributed by atoms with Crippen molar-refractivity contribution < 1.29 is 33.3 Å². The van der Waals surface area contributed by atoms with E-state index in [0.717, 1.165) is 61.1 Å². The third kappa shape index (κ3) is 4.90. The van der Waals surface area contributed by atoms with Gasteiger partial charge in [0, 0.05) is 42.4 Å². The Hall–Kier alpha value is -3.96. The van der Waals surface area contributed by atoms with Gasteiger partial charge >= 0.3 is 0 Å². The van der Waals surface area contributed by atoms with Crippen LogP contribution in [0.2, 0.25) is 0 Å². The Morgan fingerprint density at radius 1 is 1.12 bits per heavy atom. The minimum atomic E-state index is -1.65. The molecule has 3 aliphatic heterocycles. The number of ether oxygens (including phenoxy) is 1. The van der Waals surface area contributed by atoms with Crippen molar-refractivity contribution >= 4 is 17.3 Å². The predicted molar refractivity (Wildman–Crippen MR) is 186 cm³/mol. The molecule has 3 heterocycles. The number of halogens is 2. The maximum atomic E-state index is 14.9. The number of ketones is 1. The van der Waals surface area contributed by atoms with Crippen molar-refractivity contribution in [2.45, 2.75) is 74.5 Å². The second kappa shape index (κ2) is 12.0. The summed E-state index contributed by atoms with van der Waals surface area (Å²) in [5, 5.41) is 26.2. The zero-order valence-electron chi connectivity index (χ0n) is 28.6. The fraction of sp³-hybridized carbons (Fsp3) is 0.463. The summed E-state index contributed by atoms with van der Waals surface area (Å²) in [6.45, 7) is 1.11. The number of Topliss-reactive ketones (excluding diaryl/α,β-unsaturated/α-hetero) is 1. The molecule has 0 aromatic heterocycles. The van der Waals surface area contributed by atoms with Crippen molar-refractivity contribution in [2.24, 2.45) is 17.3 Å². The van der Waals surface area contributed by atoms with Gasteiger partial charge in [-0.2, -0.15) is 0 Å². The van der Waals surface area contributed by atoms with Gasteiger partial charge in [0.15, 0.2) is 5.78 Å². The number of aliphatic hydroxyl groups excluding tert-OH is 2. The van der Waals surface area contributed by atoms with Crippen molar-refractivity contribution in [2.75, 3.05) is 26.7 Å². The van der Waals surface area contributed by atoms with Crippen LogP contribution in [0.4, 0.5) is 8.78 Å². The van der Waals surface area contributed by atoms with Crippen LogP contribution < -0.4 is 5.32 Å². The van der Waals surface area contributed by atoms with Crippen molar-refractivity contribution in [1.82, 2.24) is 15.1 Å². The van der Waals surface area contributed by atoms with E-state index in [1.54, 1.807) is 17.1 Å². The first kappa shape index (κ1) is 32.9. The fourth-order valence-electron chi connectivity index (χ4n) is 10.3. The zero-order valence-corrected chi connectivity index (χ0v) is 28.6. The highest BCUT2D eigenvalue weighted by molar-refractivity contribution is 5.96. The molecule has 51 heavy (non-hydrogen) atoms. The van der Waals surface area contributed by atoms with E-state index >= 15 is 0 Å². The van der Waals surface area contributed by atoms with Crippen LogP contribution in [0.5, 0.6) is 0 Å². The number of carbonyl (C=O) groups is 2. The topological polar surface area (TPSA) is 102 Å². The number of aliphatic hydroxyl groups is 2. The van der Waals surface area contributed by atoms with Gasteiger partial charge in [-0.05, 0) is 92.6 Å². The van der Waals surface area contributed by atoms with Gasteiger partial charge in [-0.15, -0.1) is 0 Å². The smallest absolute Gasteiger partial charge is 0.241 e. The molecule has 3 N–H and O–H groups in total. The third-order valence-corrected chi connectivity index (χ3v) is 12.8. The molecule has 7 aliphatic rings. The molecule has 2 bridgehead atoms. The first-order valence-electron chi connectivity index (χ1n) is 18.3. The molecule has 2 aromatic rings. The van der Waals surface area contributed by atoms with Gasteiger partial charge < -0.3 is 30.1 Å². The number of carbonyl (C=O) groups excluding carboxylic acids is 2. The highest BCUT2D eigenvalue weighted by Gasteiger charge is 2.73. The van der Waals surface area contributed by atoms with E-state index in [1.807, 2.05) is 36.4 Å². The number of hydrogen-bond donors (Lipinski definition) is 3. The molecule has 3 fully saturated rings. The lowest BCUT2D eigenvalue weighted by molar-refractivity contribution is -0.149. The number of piperidine rings is 1. The number of amides is 1.